The highest BCUT2D eigenvalue weighted by Crippen LogP contribution is 2.09. The van der Waals surface area contributed by atoms with E-state index in [2.05, 4.69) is 15.6 Å². The highest BCUT2D eigenvalue weighted by Gasteiger charge is 2.13. The van der Waals surface area contributed by atoms with Crippen molar-refractivity contribution in [2.24, 2.45) is 0 Å². The molecular formula is C16H18N4O2. The Bertz CT molecular complexity index is 641. The van der Waals surface area contributed by atoms with E-state index >= 15 is 0 Å². The van der Waals surface area contributed by atoms with E-state index in [4.69, 9.17) is 0 Å². The number of pyridine rings is 1. The molecule has 6 heteroatoms. The second-order valence-corrected chi connectivity index (χ2v) is 4.94. The first-order valence-corrected chi connectivity index (χ1v) is 6.83. The quantitative estimate of drug-likeness (QED) is 0.910. The van der Waals surface area contributed by atoms with Gasteiger partial charge in [0.1, 0.15) is 6.54 Å². The molecule has 0 radical (unpaired) electrons. The maximum absolute atomic E-state index is 12.0. The molecule has 0 spiro atoms. The van der Waals surface area contributed by atoms with Crippen LogP contribution in [0.3, 0.4) is 0 Å². The van der Waals surface area contributed by atoms with Gasteiger partial charge in [-0.15, -0.1) is 0 Å². The van der Waals surface area contributed by atoms with E-state index in [0.29, 0.717) is 11.4 Å². The monoisotopic (exact) mass is 298 g/mol. The molecule has 2 N–H and O–H groups in total. The maximum Gasteiger partial charge on any atom is 0.322 e. The fourth-order valence-corrected chi connectivity index (χ4v) is 1.78. The molecule has 0 aliphatic heterocycles. The molecule has 0 aliphatic rings. The van der Waals surface area contributed by atoms with Crippen LogP contribution in [-0.2, 0) is 4.79 Å². The van der Waals surface area contributed by atoms with Crippen molar-refractivity contribution in [1.29, 1.82) is 0 Å². The number of carbonyl (C=O) groups excluding carboxylic acids is 2. The predicted molar refractivity (Wildman–Crippen MR) is 85.7 cm³/mol. The first-order valence-electron chi connectivity index (χ1n) is 6.83. The van der Waals surface area contributed by atoms with Crippen molar-refractivity contribution < 1.29 is 9.59 Å². The summed E-state index contributed by atoms with van der Waals surface area (Å²) in [5, 5.41) is 5.41. The SMILES string of the molecule is Cc1ccc(NC(=O)CN(C)C(=O)Nc2cccnc2)cc1. The van der Waals surface area contributed by atoms with Crippen LogP contribution in [0.25, 0.3) is 0 Å². The minimum atomic E-state index is -0.368. The lowest BCUT2D eigenvalue weighted by atomic mass is 10.2. The van der Waals surface area contributed by atoms with E-state index in [0.717, 1.165) is 5.56 Å². The fraction of sp³-hybridized carbons (Fsp3) is 0.188. The number of rotatable bonds is 4. The fourth-order valence-electron chi connectivity index (χ4n) is 1.78. The molecule has 0 bridgehead atoms. The molecule has 0 saturated carbocycles. The van der Waals surface area contributed by atoms with Gasteiger partial charge in [0.15, 0.2) is 0 Å². The largest absolute Gasteiger partial charge is 0.325 e. The van der Waals surface area contributed by atoms with Gasteiger partial charge >= 0.3 is 6.03 Å². The number of likely N-dealkylation sites (N-methyl/N-ethyl adjacent to an activating group) is 1. The number of carbonyl (C=O) groups is 2. The van der Waals surface area contributed by atoms with Crippen molar-refractivity contribution >= 4 is 23.3 Å². The van der Waals surface area contributed by atoms with Gasteiger partial charge in [-0.2, -0.15) is 0 Å². The van der Waals surface area contributed by atoms with Crippen LogP contribution < -0.4 is 10.6 Å². The normalized spacial score (nSPS) is 9.91. The van der Waals surface area contributed by atoms with E-state index in [1.165, 1.54) is 11.1 Å². The van der Waals surface area contributed by atoms with E-state index < -0.39 is 0 Å². The van der Waals surface area contributed by atoms with Gasteiger partial charge < -0.3 is 15.5 Å². The van der Waals surface area contributed by atoms with E-state index in [-0.39, 0.29) is 18.5 Å². The number of amides is 3. The second-order valence-electron chi connectivity index (χ2n) is 4.94. The number of aryl methyl sites for hydroxylation is 1. The van der Waals surface area contributed by atoms with Crippen LogP contribution in [0.5, 0.6) is 0 Å². The summed E-state index contributed by atoms with van der Waals surface area (Å²) in [7, 11) is 1.56. The second kappa shape index (κ2) is 7.21. The highest BCUT2D eigenvalue weighted by molar-refractivity contribution is 5.96. The zero-order valence-corrected chi connectivity index (χ0v) is 12.5. The standard InChI is InChI=1S/C16H18N4O2/c1-12-5-7-13(8-6-12)18-15(21)11-20(2)16(22)19-14-4-3-9-17-10-14/h3-10H,11H2,1-2H3,(H,18,21)(H,19,22). The van der Waals surface area contributed by atoms with Crippen molar-refractivity contribution in [3.63, 3.8) is 0 Å². The van der Waals surface area contributed by atoms with Crippen molar-refractivity contribution in [3.8, 4) is 0 Å². The summed E-state index contributed by atoms with van der Waals surface area (Å²) in [5.74, 6) is -0.257. The molecule has 6 nitrogen and oxygen atoms in total. The van der Waals surface area contributed by atoms with Crippen LogP contribution in [-0.4, -0.2) is 35.4 Å². The topological polar surface area (TPSA) is 74.3 Å². The summed E-state index contributed by atoms with van der Waals surface area (Å²) in [4.78, 5) is 29.1. The van der Waals surface area contributed by atoms with E-state index in [1.54, 1.807) is 25.4 Å². The van der Waals surface area contributed by atoms with Crippen molar-refractivity contribution in [2.45, 2.75) is 6.92 Å². The predicted octanol–water partition coefficient (Wildman–Crippen LogP) is 2.49. The molecule has 1 heterocycles. The number of nitrogens with zero attached hydrogens (tertiary/aromatic N) is 2. The van der Waals surface area contributed by atoms with Gasteiger partial charge in [-0.3, -0.25) is 9.78 Å². The smallest absolute Gasteiger partial charge is 0.322 e. The highest BCUT2D eigenvalue weighted by atomic mass is 16.2. The van der Waals surface area contributed by atoms with Crippen LogP contribution in [0.1, 0.15) is 5.56 Å². The molecule has 22 heavy (non-hydrogen) atoms. The van der Waals surface area contributed by atoms with E-state index in [1.807, 2.05) is 31.2 Å². The number of aromatic nitrogens is 1. The molecule has 0 fully saturated rings. The van der Waals surface area contributed by atoms with Crippen molar-refractivity contribution in [1.82, 2.24) is 9.88 Å². The summed E-state index contributed by atoms with van der Waals surface area (Å²) in [6.07, 6.45) is 3.16. The molecule has 3 amide bonds. The van der Waals surface area contributed by atoms with Crippen LogP contribution in [0.15, 0.2) is 48.8 Å². The summed E-state index contributed by atoms with van der Waals surface area (Å²) in [6, 6.07) is 10.5. The van der Waals surface area contributed by atoms with Gasteiger partial charge in [0, 0.05) is 18.9 Å². The Kier molecular flexibility index (Phi) is 5.08. The molecule has 0 aliphatic carbocycles. The Morgan fingerprint density at radius 1 is 1.09 bits per heavy atom. The first kappa shape index (κ1) is 15.5. The summed E-state index contributed by atoms with van der Waals surface area (Å²) in [5.41, 5.74) is 2.40. The lowest BCUT2D eigenvalue weighted by molar-refractivity contribution is -0.116. The Morgan fingerprint density at radius 3 is 2.45 bits per heavy atom. The average molecular weight is 298 g/mol. The van der Waals surface area contributed by atoms with Crippen molar-refractivity contribution in [3.05, 3.63) is 54.4 Å². The number of benzene rings is 1. The molecule has 1 aromatic carbocycles. The van der Waals surface area contributed by atoms with Gasteiger partial charge in [0.2, 0.25) is 5.91 Å². The Morgan fingerprint density at radius 2 is 1.82 bits per heavy atom. The number of anilines is 2. The van der Waals surface area contributed by atoms with Crippen LogP contribution in [0, 0.1) is 6.92 Å². The molecule has 2 aromatic rings. The Balaban J connectivity index is 1.85. The van der Waals surface area contributed by atoms with Gasteiger partial charge in [0.05, 0.1) is 11.9 Å². The number of nitrogens with one attached hydrogen (secondary N) is 2. The zero-order valence-electron chi connectivity index (χ0n) is 12.5. The van der Waals surface area contributed by atoms with E-state index in [9.17, 15) is 9.59 Å². The van der Waals surface area contributed by atoms with Crippen LogP contribution in [0.4, 0.5) is 16.2 Å². The Hall–Kier alpha value is -2.89. The summed E-state index contributed by atoms with van der Waals surface area (Å²) >= 11 is 0. The molecule has 0 saturated heterocycles. The zero-order chi connectivity index (χ0) is 15.9. The number of urea groups is 1. The van der Waals surface area contributed by atoms with Gasteiger partial charge in [-0.05, 0) is 31.2 Å². The third-order valence-corrected chi connectivity index (χ3v) is 2.98. The molecular weight excluding hydrogens is 280 g/mol. The van der Waals surface area contributed by atoms with Crippen LogP contribution in [0.2, 0.25) is 0 Å². The lowest BCUT2D eigenvalue weighted by Crippen LogP contribution is -2.37. The van der Waals surface area contributed by atoms with Gasteiger partial charge in [0.25, 0.3) is 0 Å². The third-order valence-electron chi connectivity index (χ3n) is 2.98. The minimum Gasteiger partial charge on any atom is -0.325 e. The Labute approximate surface area is 129 Å². The molecule has 0 atom stereocenters. The van der Waals surface area contributed by atoms with Gasteiger partial charge in [-0.25, -0.2) is 4.79 Å². The minimum absolute atomic E-state index is 0.0417. The molecule has 1 aromatic heterocycles. The number of hydrogen-bond acceptors (Lipinski definition) is 3. The first-order chi connectivity index (χ1) is 10.5. The average Bonchev–Trinajstić information content (AvgIpc) is 2.50. The van der Waals surface area contributed by atoms with Crippen molar-refractivity contribution in [2.75, 3.05) is 24.2 Å². The van der Waals surface area contributed by atoms with Gasteiger partial charge in [-0.1, -0.05) is 17.7 Å². The lowest BCUT2D eigenvalue weighted by Gasteiger charge is -2.17. The third kappa shape index (κ3) is 4.59. The molecule has 2 rings (SSSR count). The maximum atomic E-state index is 12.0. The molecule has 114 valence electrons. The summed E-state index contributed by atoms with van der Waals surface area (Å²) < 4.78 is 0. The summed E-state index contributed by atoms with van der Waals surface area (Å²) in [6.45, 7) is 1.93. The number of hydrogen-bond donors (Lipinski definition) is 2. The van der Waals surface area contributed by atoms with Crippen LogP contribution >= 0.6 is 0 Å². The molecule has 0 unspecified atom stereocenters.